The molecular weight excluding hydrogens is 432 g/mol. The van der Waals surface area contributed by atoms with E-state index in [0.717, 1.165) is 16.7 Å². The van der Waals surface area contributed by atoms with E-state index in [2.05, 4.69) is 0 Å². The molecule has 33 heavy (non-hydrogen) atoms. The summed E-state index contributed by atoms with van der Waals surface area (Å²) in [6, 6.07) is 15.8. The van der Waals surface area contributed by atoms with Gasteiger partial charge in [-0.15, -0.1) is 0 Å². The molecule has 0 saturated heterocycles. The number of amides is 1. The lowest BCUT2D eigenvalue weighted by Crippen LogP contribution is -2.17. The molecule has 1 amide bonds. The number of methoxy groups -OCH3 is 2. The molecule has 0 spiro atoms. The van der Waals surface area contributed by atoms with Gasteiger partial charge in [0, 0.05) is 17.5 Å². The molecule has 0 radical (unpaired) electrons. The first-order chi connectivity index (χ1) is 15.9. The Hall–Kier alpha value is -3.81. The first kappa shape index (κ1) is 22.4. The van der Waals surface area contributed by atoms with E-state index in [4.69, 9.17) is 24.7 Å². The highest BCUT2D eigenvalue weighted by molar-refractivity contribution is 5.82. The third-order valence-electron chi connectivity index (χ3n) is 5.49. The predicted octanol–water partition coefficient (Wildman–Crippen LogP) is 4.87. The lowest BCUT2D eigenvalue weighted by molar-refractivity contribution is -0.118. The van der Waals surface area contributed by atoms with E-state index in [1.54, 1.807) is 32.4 Å². The van der Waals surface area contributed by atoms with Gasteiger partial charge in [-0.05, 0) is 41.8 Å². The fourth-order valence-electron chi connectivity index (χ4n) is 4.00. The summed E-state index contributed by atoms with van der Waals surface area (Å²) >= 11 is 0. The number of benzene rings is 3. The van der Waals surface area contributed by atoms with Gasteiger partial charge in [-0.3, -0.25) is 4.79 Å². The molecule has 0 aromatic heterocycles. The van der Waals surface area contributed by atoms with Crippen molar-refractivity contribution < 1.29 is 32.5 Å². The molecule has 3 aromatic rings. The lowest BCUT2D eigenvalue weighted by atomic mass is 9.87. The summed E-state index contributed by atoms with van der Waals surface area (Å²) in [4.78, 5) is 11.3. The molecule has 3 aromatic carbocycles. The van der Waals surface area contributed by atoms with Crippen molar-refractivity contribution in [2.45, 2.75) is 25.6 Å². The average Bonchev–Trinajstić information content (AvgIpc) is 2.81. The van der Waals surface area contributed by atoms with Crippen LogP contribution in [0.25, 0.3) is 11.1 Å². The molecule has 1 heterocycles. The second-order valence-corrected chi connectivity index (χ2v) is 7.51. The van der Waals surface area contributed by atoms with Crippen LogP contribution in [0.15, 0.2) is 54.6 Å². The number of hydrogen-bond acceptors (Lipinski definition) is 5. The highest BCUT2D eigenvalue weighted by atomic mass is 19.3. The van der Waals surface area contributed by atoms with Crippen LogP contribution in [-0.2, 0) is 11.2 Å². The first-order valence-electron chi connectivity index (χ1n) is 10.3. The summed E-state index contributed by atoms with van der Waals surface area (Å²) in [6.07, 6.45) is 0.0861. The molecule has 8 heteroatoms. The quantitative estimate of drug-likeness (QED) is 0.524. The zero-order valence-electron chi connectivity index (χ0n) is 18.1. The van der Waals surface area contributed by atoms with Crippen LogP contribution >= 0.6 is 0 Å². The largest absolute Gasteiger partial charge is 0.493 e. The predicted molar refractivity (Wildman–Crippen MR) is 118 cm³/mol. The van der Waals surface area contributed by atoms with Crippen LogP contribution in [0.3, 0.4) is 0 Å². The topological polar surface area (TPSA) is 80.0 Å². The summed E-state index contributed by atoms with van der Waals surface area (Å²) < 4.78 is 48.0. The molecule has 0 aliphatic carbocycles. The standard InChI is InChI=1S/C25H23F2NO5/c1-30-18-10-8-15(13-21(18)31-2)24-17-12-14(7-11-22(28)29)6-9-16(17)23-19(32-24)4-3-5-20(23)33-25(26)27/h3-6,8-10,12-13,24-25H,7,11H2,1-2H3,(H2,28,29). The normalized spacial score (nSPS) is 14.2. The number of fused-ring (bicyclic) bond motifs is 3. The van der Waals surface area contributed by atoms with Crippen LogP contribution in [0, 0.1) is 0 Å². The molecule has 1 unspecified atom stereocenters. The maximum absolute atomic E-state index is 13.1. The Morgan fingerprint density at radius 2 is 1.82 bits per heavy atom. The molecule has 0 fully saturated rings. The minimum atomic E-state index is -2.97. The van der Waals surface area contributed by atoms with Gasteiger partial charge >= 0.3 is 6.61 Å². The molecule has 0 saturated carbocycles. The molecule has 0 bridgehead atoms. The number of halogens is 2. The van der Waals surface area contributed by atoms with Crippen LogP contribution in [0.5, 0.6) is 23.0 Å². The Bertz CT molecular complexity index is 1180. The fraction of sp³-hybridized carbons (Fsp3) is 0.240. The minimum absolute atomic E-state index is 0.0272. The fourth-order valence-corrected chi connectivity index (χ4v) is 4.00. The molecule has 172 valence electrons. The molecular formula is C25H23F2NO5. The molecule has 1 aliphatic heterocycles. The van der Waals surface area contributed by atoms with Crippen molar-refractivity contribution in [2.24, 2.45) is 5.73 Å². The smallest absolute Gasteiger partial charge is 0.387 e. The van der Waals surface area contributed by atoms with E-state index >= 15 is 0 Å². The van der Waals surface area contributed by atoms with Gasteiger partial charge in [0.2, 0.25) is 5.91 Å². The van der Waals surface area contributed by atoms with Crippen LogP contribution in [0.1, 0.15) is 29.2 Å². The number of carbonyl (C=O) groups is 1. The SMILES string of the molecule is COc1ccc(C2Oc3cccc(OC(F)F)c3-c3ccc(CCC(N)=O)cc32)cc1OC. The second kappa shape index (κ2) is 9.36. The van der Waals surface area contributed by atoms with Gasteiger partial charge in [-0.2, -0.15) is 8.78 Å². The number of aryl methyl sites for hydroxylation is 1. The molecule has 1 atom stereocenters. The highest BCUT2D eigenvalue weighted by Gasteiger charge is 2.31. The number of primary amides is 1. The van der Waals surface area contributed by atoms with Crippen LogP contribution < -0.4 is 24.7 Å². The third kappa shape index (κ3) is 4.55. The van der Waals surface area contributed by atoms with Crippen LogP contribution in [-0.4, -0.2) is 26.7 Å². The lowest BCUT2D eigenvalue weighted by Gasteiger charge is -2.31. The summed E-state index contributed by atoms with van der Waals surface area (Å²) in [7, 11) is 3.10. The van der Waals surface area contributed by atoms with Gasteiger partial charge in [-0.25, -0.2) is 0 Å². The van der Waals surface area contributed by atoms with Crippen molar-refractivity contribution in [2.75, 3.05) is 14.2 Å². The second-order valence-electron chi connectivity index (χ2n) is 7.51. The molecule has 1 aliphatic rings. The van der Waals surface area contributed by atoms with E-state index in [1.165, 1.54) is 6.07 Å². The Balaban J connectivity index is 1.86. The van der Waals surface area contributed by atoms with Crippen LogP contribution in [0.2, 0.25) is 0 Å². The van der Waals surface area contributed by atoms with E-state index in [9.17, 15) is 13.6 Å². The Morgan fingerprint density at radius 1 is 1.03 bits per heavy atom. The first-order valence-corrected chi connectivity index (χ1v) is 10.3. The van der Waals surface area contributed by atoms with E-state index in [-0.39, 0.29) is 12.2 Å². The Kier molecular flexibility index (Phi) is 6.35. The van der Waals surface area contributed by atoms with Gasteiger partial charge in [0.15, 0.2) is 11.5 Å². The average molecular weight is 455 g/mol. The molecule has 6 nitrogen and oxygen atoms in total. The van der Waals surface area contributed by atoms with Crippen molar-refractivity contribution in [3.63, 3.8) is 0 Å². The highest BCUT2D eigenvalue weighted by Crippen LogP contribution is 2.50. The van der Waals surface area contributed by atoms with Gasteiger partial charge < -0.3 is 24.7 Å². The monoisotopic (exact) mass is 455 g/mol. The third-order valence-corrected chi connectivity index (χ3v) is 5.49. The van der Waals surface area contributed by atoms with Gasteiger partial charge in [-0.1, -0.05) is 30.3 Å². The Labute approximate surface area is 189 Å². The number of carbonyl (C=O) groups excluding carboxylic acids is 1. The van der Waals surface area contributed by atoms with Gasteiger partial charge in [0.25, 0.3) is 0 Å². The zero-order chi connectivity index (χ0) is 23.5. The van der Waals surface area contributed by atoms with Crippen LogP contribution in [0.4, 0.5) is 8.78 Å². The van der Waals surface area contributed by atoms with Crippen molar-refractivity contribution >= 4 is 5.91 Å². The summed E-state index contributed by atoms with van der Waals surface area (Å²) in [5.41, 5.74) is 8.87. The van der Waals surface area contributed by atoms with Gasteiger partial charge in [0.05, 0.1) is 19.8 Å². The van der Waals surface area contributed by atoms with Crippen molar-refractivity contribution in [1.29, 1.82) is 0 Å². The zero-order valence-corrected chi connectivity index (χ0v) is 18.1. The van der Waals surface area contributed by atoms with Crippen molar-refractivity contribution in [3.05, 3.63) is 71.3 Å². The van der Waals surface area contributed by atoms with E-state index in [1.807, 2.05) is 30.3 Å². The number of alkyl halides is 2. The minimum Gasteiger partial charge on any atom is -0.493 e. The number of ether oxygens (including phenoxy) is 4. The summed E-state index contributed by atoms with van der Waals surface area (Å²) in [6.45, 7) is -2.97. The van der Waals surface area contributed by atoms with Gasteiger partial charge in [0.1, 0.15) is 17.6 Å². The molecule has 4 rings (SSSR count). The summed E-state index contributed by atoms with van der Waals surface area (Å²) in [5, 5.41) is 0. The number of nitrogens with two attached hydrogens (primary N) is 1. The van der Waals surface area contributed by atoms with Crippen molar-refractivity contribution in [3.8, 4) is 34.1 Å². The maximum atomic E-state index is 13.1. The number of hydrogen-bond donors (Lipinski definition) is 1. The molecule has 2 N–H and O–H groups in total. The number of rotatable bonds is 8. The maximum Gasteiger partial charge on any atom is 0.387 e. The summed E-state index contributed by atoms with van der Waals surface area (Å²) in [5.74, 6) is 1.15. The van der Waals surface area contributed by atoms with Crippen molar-refractivity contribution in [1.82, 2.24) is 0 Å². The van der Waals surface area contributed by atoms with E-state index in [0.29, 0.717) is 34.8 Å². The van der Waals surface area contributed by atoms with E-state index < -0.39 is 18.6 Å². The Morgan fingerprint density at radius 3 is 2.52 bits per heavy atom.